The van der Waals surface area contributed by atoms with Crippen molar-refractivity contribution >= 4 is 29.2 Å². The van der Waals surface area contributed by atoms with E-state index >= 15 is 0 Å². The van der Waals surface area contributed by atoms with Crippen LogP contribution in [0.3, 0.4) is 0 Å². The third-order valence-corrected chi connectivity index (χ3v) is 6.45. The molecule has 2 aromatic heterocycles. The molecule has 1 spiro atoms. The van der Waals surface area contributed by atoms with Crippen LogP contribution in [0.2, 0.25) is 5.02 Å². The van der Waals surface area contributed by atoms with Crippen molar-refractivity contribution in [2.45, 2.75) is 30.7 Å². The van der Waals surface area contributed by atoms with Gasteiger partial charge >= 0.3 is 0 Å². The molecular weight excluding hydrogens is 442 g/mol. The summed E-state index contributed by atoms with van der Waals surface area (Å²) in [5.41, 5.74) is 8.95. The number of pyridine rings is 2. The van der Waals surface area contributed by atoms with Crippen molar-refractivity contribution in [3.63, 3.8) is 0 Å². The third-order valence-electron chi connectivity index (χ3n) is 6.23. The zero-order valence-corrected chi connectivity index (χ0v) is 18.3. The smallest absolute Gasteiger partial charge is 0.283 e. The number of nitrogens with zero attached hydrogens (tertiary/aromatic N) is 3. The highest BCUT2D eigenvalue weighted by Crippen LogP contribution is 2.53. The molecule has 0 bridgehead atoms. The second kappa shape index (κ2) is 7.45. The number of fused-ring (bicyclic) bond motifs is 4. The first-order valence-electron chi connectivity index (χ1n) is 10.8. The summed E-state index contributed by atoms with van der Waals surface area (Å²) in [5.74, 6) is 1.33. The summed E-state index contributed by atoms with van der Waals surface area (Å²) in [6, 6.07) is 10.9. The summed E-state index contributed by atoms with van der Waals surface area (Å²) in [7, 11) is 0. The minimum atomic E-state index is -0.803. The summed E-state index contributed by atoms with van der Waals surface area (Å²) in [4.78, 5) is 26.2. The van der Waals surface area contributed by atoms with Crippen LogP contribution < -0.4 is 15.8 Å². The van der Waals surface area contributed by atoms with E-state index in [0.29, 0.717) is 41.3 Å². The van der Waals surface area contributed by atoms with Gasteiger partial charge in [0, 0.05) is 35.6 Å². The molecule has 6 rings (SSSR count). The number of aliphatic imine (C=N–C) groups is 1. The molecule has 33 heavy (non-hydrogen) atoms. The number of nitrogens with one attached hydrogen (secondary N) is 1. The highest BCUT2D eigenvalue weighted by Gasteiger charge is 2.46. The van der Waals surface area contributed by atoms with Crippen LogP contribution in [0.1, 0.15) is 52.4 Å². The molecule has 1 aliphatic carbocycles. The van der Waals surface area contributed by atoms with Gasteiger partial charge in [-0.15, -0.1) is 0 Å². The fraction of sp³-hybridized carbons (Fsp3) is 0.250. The first-order valence-corrected chi connectivity index (χ1v) is 11.1. The van der Waals surface area contributed by atoms with E-state index in [2.05, 4.69) is 21.4 Å². The molecule has 2 aliphatic heterocycles. The van der Waals surface area contributed by atoms with E-state index in [1.807, 2.05) is 18.3 Å². The number of aromatic nitrogens is 2. The van der Waals surface area contributed by atoms with Gasteiger partial charge in [0.1, 0.15) is 17.0 Å². The van der Waals surface area contributed by atoms with Crippen molar-refractivity contribution in [3.8, 4) is 11.6 Å². The Morgan fingerprint density at radius 1 is 1.12 bits per heavy atom. The van der Waals surface area contributed by atoms with Crippen LogP contribution in [0.4, 0.5) is 5.69 Å². The molecule has 0 saturated heterocycles. The minimum Gasteiger partial charge on any atom is -0.465 e. The Morgan fingerprint density at radius 3 is 2.76 bits per heavy atom. The minimum absolute atomic E-state index is 0.122. The molecule has 4 heterocycles. The maximum Gasteiger partial charge on any atom is 0.283 e. The summed E-state index contributed by atoms with van der Waals surface area (Å²) >= 11 is 5.88. The molecule has 1 amide bonds. The van der Waals surface area contributed by atoms with Crippen molar-refractivity contribution in [2.24, 2.45) is 10.7 Å². The predicted molar refractivity (Wildman–Crippen MR) is 123 cm³/mol. The van der Waals surface area contributed by atoms with E-state index < -0.39 is 5.54 Å². The first kappa shape index (κ1) is 20.0. The molecule has 0 radical (unpaired) electrons. The standard InChI is InChI=1S/C24H20ClN5O3/c25-15-3-5-19(27-12-15)21(31)29-16-4-6-20-17(10-16)24(7-8-32-23(26)30-24)18-9-14(13-1-2-13)11-28-22(18)33-20/h3-6,9-13H,1-2,7-8H2,(H2,26,30)(H,29,31)/t24-/m0/s1. The lowest BCUT2D eigenvalue weighted by Crippen LogP contribution is -2.39. The van der Waals surface area contributed by atoms with Gasteiger partial charge in [-0.25, -0.2) is 15.0 Å². The maximum atomic E-state index is 12.7. The van der Waals surface area contributed by atoms with Crippen LogP contribution >= 0.6 is 11.6 Å². The summed E-state index contributed by atoms with van der Waals surface area (Å²) in [5, 5.41) is 3.36. The fourth-order valence-electron chi connectivity index (χ4n) is 4.43. The number of anilines is 1. The van der Waals surface area contributed by atoms with Crippen molar-refractivity contribution in [1.29, 1.82) is 0 Å². The van der Waals surface area contributed by atoms with Crippen LogP contribution in [-0.2, 0) is 10.3 Å². The number of amides is 1. The lowest BCUT2D eigenvalue weighted by molar-refractivity contribution is 0.102. The Kier molecular flexibility index (Phi) is 4.51. The highest BCUT2D eigenvalue weighted by molar-refractivity contribution is 6.30. The van der Waals surface area contributed by atoms with Crippen molar-refractivity contribution < 1.29 is 14.3 Å². The van der Waals surface area contributed by atoms with Crippen LogP contribution in [0.25, 0.3) is 0 Å². The molecular formula is C24H20ClN5O3. The van der Waals surface area contributed by atoms with Gasteiger partial charge in [0.2, 0.25) is 5.88 Å². The van der Waals surface area contributed by atoms with Crippen LogP contribution in [-0.4, -0.2) is 28.5 Å². The first-order chi connectivity index (χ1) is 16.0. The SMILES string of the molecule is NC1=N[C@@]2(CCO1)c1cc(NC(=O)c3ccc(Cl)cn3)ccc1Oc1ncc(C3CC3)cc12. The van der Waals surface area contributed by atoms with Gasteiger partial charge in [-0.3, -0.25) is 4.79 Å². The van der Waals surface area contributed by atoms with Gasteiger partial charge in [-0.1, -0.05) is 11.6 Å². The van der Waals surface area contributed by atoms with Crippen molar-refractivity contribution in [3.05, 3.63) is 76.2 Å². The Balaban J connectivity index is 1.43. The number of benzene rings is 1. The molecule has 1 aromatic carbocycles. The predicted octanol–water partition coefficient (Wildman–Crippen LogP) is 4.34. The molecule has 3 N–H and O–H groups in total. The van der Waals surface area contributed by atoms with Gasteiger partial charge in [0.05, 0.1) is 11.6 Å². The lowest BCUT2D eigenvalue weighted by atomic mass is 9.78. The maximum absolute atomic E-state index is 12.7. The van der Waals surface area contributed by atoms with Crippen LogP contribution in [0.5, 0.6) is 11.6 Å². The molecule has 3 aliphatic rings. The van der Waals surface area contributed by atoms with Crippen LogP contribution in [0, 0.1) is 0 Å². The fourth-order valence-corrected chi connectivity index (χ4v) is 4.54. The molecule has 8 nitrogen and oxygen atoms in total. The van der Waals surface area contributed by atoms with Gasteiger partial charge in [-0.05, 0) is 60.7 Å². The Bertz CT molecular complexity index is 1310. The molecule has 1 fully saturated rings. The van der Waals surface area contributed by atoms with Crippen LogP contribution in [0.15, 0.2) is 53.8 Å². The number of hydrogen-bond donors (Lipinski definition) is 2. The number of rotatable bonds is 3. The molecule has 1 atom stereocenters. The van der Waals surface area contributed by atoms with E-state index in [1.54, 1.807) is 18.2 Å². The molecule has 1 saturated carbocycles. The lowest BCUT2D eigenvalue weighted by Gasteiger charge is -2.39. The summed E-state index contributed by atoms with van der Waals surface area (Å²) in [6.45, 7) is 0.410. The van der Waals surface area contributed by atoms with Gasteiger partial charge < -0.3 is 20.5 Å². The molecule has 166 valence electrons. The molecule has 0 unspecified atom stereocenters. The average molecular weight is 462 g/mol. The van der Waals surface area contributed by atoms with Gasteiger partial charge in [0.25, 0.3) is 11.9 Å². The van der Waals surface area contributed by atoms with Crippen molar-refractivity contribution in [1.82, 2.24) is 9.97 Å². The molecule has 9 heteroatoms. The van der Waals surface area contributed by atoms with Gasteiger partial charge in [0.15, 0.2) is 0 Å². The van der Waals surface area contributed by atoms with E-state index in [0.717, 1.165) is 24.0 Å². The zero-order chi connectivity index (χ0) is 22.6. The zero-order valence-electron chi connectivity index (χ0n) is 17.5. The number of hydrogen-bond acceptors (Lipinski definition) is 7. The Morgan fingerprint density at radius 2 is 2.00 bits per heavy atom. The van der Waals surface area contributed by atoms with E-state index in [1.165, 1.54) is 11.8 Å². The van der Waals surface area contributed by atoms with E-state index in [-0.39, 0.29) is 17.6 Å². The number of carbonyl (C=O) groups is 1. The Labute approximate surface area is 194 Å². The summed E-state index contributed by atoms with van der Waals surface area (Å²) in [6.07, 6.45) is 6.22. The van der Waals surface area contributed by atoms with Gasteiger partial charge in [-0.2, -0.15) is 0 Å². The second-order valence-corrected chi connectivity index (χ2v) is 8.87. The number of ether oxygens (including phenoxy) is 2. The van der Waals surface area contributed by atoms with Crippen molar-refractivity contribution in [2.75, 3.05) is 11.9 Å². The van der Waals surface area contributed by atoms with E-state index in [9.17, 15) is 4.79 Å². The largest absolute Gasteiger partial charge is 0.465 e. The number of amidine groups is 1. The number of nitrogens with two attached hydrogens (primary N) is 1. The summed E-state index contributed by atoms with van der Waals surface area (Å²) < 4.78 is 11.6. The Hall–Kier alpha value is -3.65. The molecule has 3 aromatic rings. The topological polar surface area (TPSA) is 112 Å². The highest BCUT2D eigenvalue weighted by atomic mass is 35.5. The number of halogens is 1. The third kappa shape index (κ3) is 3.47. The van der Waals surface area contributed by atoms with E-state index in [4.69, 9.17) is 31.8 Å². The quantitative estimate of drug-likeness (QED) is 0.600. The number of carbonyl (C=O) groups excluding carboxylic acids is 1. The second-order valence-electron chi connectivity index (χ2n) is 8.43. The normalized spacial score (nSPS) is 20.7. The average Bonchev–Trinajstić information content (AvgIpc) is 3.66. The monoisotopic (exact) mass is 461 g/mol.